The van der Waals surface area contributed by atoms with E-state index >= 15 is 0 Å². The first-order valence-electron chi connectivity index (χ1n) is 10.5. The third-order valence-corrected chi connectivity index (χ3v) is 6.27. The Morgan fingerprint density at radius 1 is 1.07 bits per heavy atom. The van der Waals surface area contributed by atoms with Crippen LogP contribution in [0, 0.1) is 11.8 Å². The molecule has 1 amide bonds. The number of nitrogens with zero attached hydrogens (tertiary/aromatic N) is 3. The van der Waals surface area contributed by atoms with Crippen LogP contribution in [0.5, 0.6) is 0 Å². The van der Waals surface area contributed by atoms with Crippen molar-refractivity contribution >= 4 is 22.8 Å². The molecule has 2 atom stereocenters. The molecule has 2 unspecified atom stereocenters. The first-order chi connectivity index (χ1) is 14.3. The molecule has 2 N–H and O–H groups in total. The smallest absolute Gasteiger partial charge is 0.327 e. The number of rotatable bonds is 5. The molecule has 0 bridgehead atoms. The predicted molar refractivity (Wildman–Crippen MR) is 115 cm³/mol. The molecule has 1 aromatic heterocycles. The number of amides is 1. The van der Waals surface area contributed by atoms with Crippen LogP contribution in [-0.2, 0) is 6.42 Å². The molecule has 0 saturated carbocycles. The molecule has 2 saturated heterocycles. The lowest BCUT2D eigenvalue weighted by Gasteiger charge is -2.20. The van der Waals surface area contributed by atoms with Gasteiger partial charge in [-0.15, -0.1) is 0 Å². The first kappa shape index (κ1) is 18.2. The zero-order valence-corrected chi connectivity index (χ0v) is 16.6. The van der Waals surface area contributed by atoms with Gasteiger partial charge < -0.3 is 15.5 Å². The molecule has 3 aromatic rings. The van der Waals surface area contributed by atoms with Crippen LogP contribution >= 0.6 is 0 Å². The van der Waals surface area contributed by atoms with Crippen molar-refractivity contribution in [2.75, 3.05) is 37.6 Å². The zero-order valence-electron chi connectivity index (χ0n) is 16.6. The molecule has 6 nitrogen and oxygen atoms in total. The van der Waals surface area contributed by atoms with Gasteiger partial charge in [0.25, 0.3) is 0 Å². The van der Waals surface area contributed by atoms with Crippen LogP contribution < -0.4 is 15.5 Å². The van der Waals surface area contributed by atoms with E-state index in [0.717, 1.165) is 67.6 Å². The van der Waals surface area contributed by atoms with E-state index in [2.05, 4.69) is 38.7 Å². The molecule has 2 aromatic carbocycles. The third-order valence-electron chi connectivity index (χ3n) is 6.27. The molecule has 6 heteroatoms. The van der Waals surface area contributed by atoms with Crippen LogP contribution in [0.1, 0.15) is 12.0 Å². The van der Waals surface area contributed by atoms with Crippen LogP contribution in [0.4, 0.5) is 10.5 Å². The maximum atomic E-state index is 12.7. The van der Waals surface area contributed by atoms with Gasteiger partial charge in [-0.25, -0.2) is 9.78 Å². The number of fused-ring (bicyclic) bond motifs is 2. The summed E-state index contributed by atoms with van der Waals surface area (Å²) in [6.45, 7) is 4.99. The fourth-order valence-electron chi connectivity index (χ4n) is 4.71. The molecular weight excluding hydrogens is 362 g/mol. The summed E-state index contributed by atoms with van der Waals surface area (Å²) in [7, 11) is 0. The van der Waals surface area contributed by atoms with E-state index in [9.17, 15) is 4.79 Å². The molecule has 0 radical (unpaired) electrons. The number of carbonyl (C=O) groups is 1. The molecule has 29 heavy (non-hydrogen) atoms. The van der Waals surface area contributed by atoms with E-state index in [4.69, 9.17) is 0 Å². The number of nitrogens with one attached hydrogen (secondary N) is 2. The second-order valence-electron chi connectivity index (χ2n) is 8.16. The van der Waals surface area contributed by atoms with Crippen molar-refractivity contribution in [1.29, 1.82) is 0 Å². The normalized spacial score (nSPS) is 20.9. The Bertz CT molecular complexity index is 987. The van der Waals surface area contributed by atoms with Crippen LogP contribution in [0.25, 0.3) is 11.0 Å². The van der Waals surface area contributed by atoms with Gasteiger partial charge in [0.1, 0.15) is 11.8 Å². The molecule has 2 aliphatic rings. The van der Waals surface area contributed by atoms with E-state index in [0.29, 0.717) is 6.54 Å². The van der Waals surface area contributed by atoms with E-state index in [-0.39, 0.29) is 6.03 Å². The van der Waals surface area contributed by atoms with Crippen molar-refractivity contribution in [3.8, 4) is 0 Å². The largest absolute Gasteiger partial charge is 0.369 e. The summed E-state index contributed by atoms with van der Waals surface area (Å²) in [5.41, 5.74) is 4.23. The van der Waals surface area contributed by atoms with Gasteiger partial charge in [0.05, 0.1) is 11.2 Å². The first-order valence-corrected chi connectivity index (χ1v) is 10.5. The van der Waals surface area contributed by atoms with E-state index < -0.39 is 0 Å². The number of benzene rings is 2. The number of para-hydroxylation sites is 1. The summed E-state index contributed by atoms with van der Waals surface area (Å²) in [6.07, 6.45) is 3.53. The molecule has 3 heterocycles. The summed E-state index contributed by atoms with van der Waals surface area (Å²) in [5, 5.41) is 6.52. The molecule has 0 aliphatic carbocycles. The lowest BCUT2D eigenvalue weighted by molar-refractivity contribution is 0.243. The average Bonchev–Trinajstić information content (AvgIpc) is 3.46. The van der Waals surface area contributed by atoms with E-state index in [1.807, 2.05) is 30.3 Å². The monoisotopic (exact) mass is 389 g/mol. The Morgan fingerprint density at radius 3 is 2.66 bits per heavy atom. The Kier molecular flexibility index (Phi) is 4.94. The maximum absolute atomic E-state index is 12.7. The van der Waals surface area contributed by atoms with E-state index in [1.54, 1.807) is 10.9 Å². The number of aryl methyl sites for hydroxylation is 1. The topological polar surface area (TPSA) is 62.2 Å². The molecule has 150 valence electrons. The standard InChI is InChI=1S/C23H27N5O/c29-23(25-11-5-8-17-6-2-1-3-7-17)28-16-26-22-20(9-4-10-21(22)28)27-14-18-12-24-13-19(18)15-27/h1-4,6-7,9-10,16,18-19,24H,5,8,11-15H2,(H,25,29). The van der Waals surface area contributed by atoms with Crippen LogP contribution in [0.3, 0.4) is 0 Å². The number of aromatic nitrogens is 2. The molecule has 5 rings (SSSR count). The highest BCUT2D eigenvalue weighted by atomic mass is 16.2. The lowest BCUT2D eigenvalue weighted by Crippen LogP contribution is -2.29. The van der Waals surface area contributed by atoms with Gasteiger partial charge in [-0.1, -0.05) is 36.4 Å². The van der Waals surface area contributed by atoms with Crippen molar-refractivity contribution < 1.29 is 4.79 Å². The van der Waals surface area contributed by atoms with Crippen molar-refractivity contribution in [2.45, 2.75) is 12.8 Å². The average molecular weight is 390 g/mol. The van der Waals surface area contributed by atoms with Gasteiger partial charge in [0.2, 0.25) is 0 Å². The highest BCUT2D eigenvalue weighted by Crippen LogP contribution is 2.34. The Balaban J connectivity index is 1.25. The van der Waals surface area contributed by atoms with Crippen molar-refractivity contribution in [1.82, 2.24) is 20.2 Å². The zero-order chi connectivity index (χ0) is 19.6. The van der Waals surface area contributed by atoms with Crippen LogP contribution in [0.15, 0.2) is 54.9 Å². The van der Waals surface area contributed by atoms with Crippen LogP contribution in [-0.4, -0.2) is 48.3 Å². The second-order valence-corrected chi connectivity index (χ2v) is 8.16. The second kappa shape index (κ2) is 7.87. The van der Waals surface area contributed by atoms with Crippen LogP contribution in [0.2, 0.25) is 0 Å². The molecule has 2 fully saturated rings. The van der Waals surface area contributed by atoms with Crippen molar-refractivity contribution in [2.24, 2.45) is 11.8 Å². The lowest BCUT2D eigenvalue weighted by atomic mass is 10.0. The molecular formula is C23H27N5O. The number of anilines is 1. The summed E-state index contributed by atoms with van der Waals surface area (Å²) in [4.78, 5) is 19.8. The quantitative estimate of drug-likeness (QED) is 0.659. The Morgan fingerprint density at radius 2 is 1.86 bits per heavy atom. The minimum Gasteiger partial charge on any atom is -0.369 e. The third kappa shape index (κ3) is 3.60. The number of carbonyl (C=O) groups excluding carboxylic acids is 1. The SMILES string of the molecule is O=C(NCCCc1ccccc1)n1cnc2c(N3CC4CNCC4C3)cccc21. The minimum atomic E-state index is -0.111. The minimum absolute atomic E-state index is 0.111. The number of imidazole rings is 1. The summed E-state index contributed by atoms with van der Waals surface area (Å²) in [5.74, 6) is 1.44. The summed E-state index contributed by atoms with van der Waals surface area (Å²) in [6, 6.07) is 16.4. The highest BCUT2D eigenvalue weighted by Gasteiger charge is 2.36. The highest BCUT2D eigenvalue weighted by molar-refractivity contribution is 5.95. The van der Waals surface area contributed by atoms with E-state index in [1.165, 1.54) is 5.56 Å². The number of hydrogen-bond acceptors (Lipinski definition) is 4. The maximum Gasteiger partial charge on any atom is 0.327 e. The fourth-order valence-corrected chi connectivity index (χ4v) is 4.71. The fraction of sp³-hybridized carbons (Fsp3) is 0.391. The van der Waals surface area contributed by atoms with Crippen molar-refractivity contribution in [3.05, 3.63) is 60.4 Å². The molecule has 0 spiro atoms. The summed E-state index contributed by atoms with van der Waals surface area (Å²) < 4.78 is 1.64. The van der Waals surface area contributed by atoms with Gasteiger partial charge in [-0.3, -0.25) is 4.57 Å². The van der Waals surface area contributed by atoms with Crippen molar-refractivity contribution in [3.63, 3.8) is 0 Å². The molecule has 2 aliphatic heterocycles. The van der Waals surface area contributed by atoms with Gasteiger partial charge in [-0.05, 0) is 42.4 Å². The van der Waals surface area contributed by atoms with Gasteiger partial charge in [0, 0.05) is 32.7 Å². The van der Waals surface area contributed by atoms with Gasteiger partial charge >= 0.3 is 6.03 Å². The number of hydrogen-bond donors (Lipinski definition) is 2. The predicted octanol–water partition coefficient (Wildman–Crippen LogP) is 2.88. The van der Waals surface area contributed by atoms with Gasteiger partial charge in [0.15, 0.2) is 0 Å². The Hall–Kier alpha value is -2.86. The summed E-state index contributed by atoms with van der Waals surface area (Å²) >= 11 is 0. The Labute approximate surface area is 170 Å². The van der Waals surface area contributed by atoms with Gasteiger partial charge in [-0.2, -0.15) is 0 Å².